The molecule has 0 nitrogen and oxygen atoms in total. The van der Waals surface area contributed by atoms with Crippen LogP contribution in [0.25, 0.3) is 0 Å². The minimum atomic E-state index is -0.415. The molecule has 0 fully saturated rings. The summed E-state index contributed by atoms with van der Waals surface area (Å²) in [7, 11) is 0. The van der Waals surface area contributed by atoms with E-state index < -0.39 is 4.87 Å². The van der Waals surface area contributed by atoms with Gasteiger partial charge < -0.3 is 0 Å². The Morgan fingerprint density at radius 3 is 1.79 bits per heavy atom. The third kappa shape index (κ3) is 7.98. The van der Waals surface area contributed by atoms with Crippen molar-refractivity contribution in [2.75, 3.05) is 0 Å². The third-order valence-electron chi connectivity index (χ3n) is 4.62. The van der Waals surface area contributed by atoms with Crippen molar-refractivity contribution in [3.8, 4) is 0 Å². The molecular formula is C21H33Cl3. The molecule has 0 amide bonds. The summed E-state index contributed by atoms with van der Waals surface area (Å²) in [5.74, 6) is 0. The molecular weight excluding hydrogens is 359 g/mol. The van der Waals surface area contributed by atoms with Crippen molar-refractivity contribution in [1.82, 2.24) is 0 Å². The normalized spacial score (nSPS) is 11.9. The van der Waals surface area contributed by atoms with Gasteiger partial charge in [-0.25, -0.2) is 0 Å². The lowest BCUT2D eigenvalue weighted by atomic mass is 9.93. The fraction of sp³-hybridized carbons (Fsp3) is 0.714. The molecule has 138 valence electrons. The van der Waals surface area contributed by atoms with Crippen LogP contribution in [0.2, 0.25) is 10.0 Å². The zero-order valence-corrected chi connectivity index (χ0v) is 17.8. The zero-order chi connectivity index (χ0) is 18.0. The third-order valence-corrected chi connectivity index (χ3v) is 5.66. The first-order valence-corrected chi connectivity index (χ1v) is 10.7. The molecule has 0 radical (unpaired) electrons. The van der Waals surface area contributed by atoms with Crippen LogP contribution in [0.1, 0.15) is 96.1 Å². The SMILES string of the molecule is CCCCCCCCCCCCc1c(C(C)(C)Cl)ccc(Cl)c1Cl. The van der Waals surface area contributed by atoms with Crippen LogP contribution in [-0.4, -0.2) is 0 Å². The molecule has 0 aliphatic carbocycles. The van der Waals surface area contributed by atoms with Gasteiger partial charge in [-0.1, -0.05) is 94.0 Å². The highest BCUT2D eigenvalue weighted by atomic mass is 35.5. The summed E-state index contributed by atoms with van der Waals surface area (Å²) in [5, 5.41) is 1.31. The molecule has 3 heteroatoms. The zero-order valence-electron chi connectivity index (χ0n) is 15.6. The van der Waals surface area contributed by atoms with Gasteiger partial charge in [0.25, 0.3) is 0 Å². The van der Waals surface area contributed by atoms with Gasteiger partial charge in [0.2, 0.25) is 0 Å². The van der Waals surface area contributed by atoms with E-state index in [9.17, 15) is 0 Å². The Morgan fingerprint density at radius 1 is 0.792 bits per heavy atom. The van der Waals surface area contributed by atoms with Crippen LogP contribution >= 0.6 is 34.8 Å². The van der Waals surface area contributed by atoms with Crippen LogP contribution in [-0.2, 0) is 11.3 Å². The highest BCUT2D eigenvalue weighted by Crippen LogP contribution is 2.38. The van der Waals surface area contributed by atoms with Gasteiger partial charge in [-0.05, 0) is 43.9 Å². The molecule has 0 unspecified atom stereocenters. The summed E-state index contributed by atoms with van der Waals surface area (Å²) in [5.41, 5.74) is 2.23. The first-order valence-electron chi connectivity index (χ1n) is 9.54. The van der Waals surface area contributed by atoms with Crippen molar-refractivity contribution in [3.63, 3.8) is 0 Å². The molecule has 0 heterocycles. The Hall–Kier alpha value is 0.0900. The van der Waals surface area contributed by atoms with Crippen molar-refractivity contribution >= 4 is 34.8 Å². The van der Waals surface area contributed by atoms with Gasteiger partial charge in [0.1, 0.15) is 0 Å². The molecule has 24 heavy (non-hydrogen) atoms. The van der Waals surface area contributed by atoms with Crippen LogP contribution in [0.3, 0.4) is 0 Å². The van der Waals surface area contributed by atoms with Crippen molar-refractivity contribution < 1.29 is 0 Å². The Balaban J connectivity index is 2.34. The second-order valence-corrected chi connectivity index (χ2v) is 9.02. The first-order chi connectivity index (χ1) is 11.4. The fourth-order valence-electron chi connectivity index (χ4n) is 3.18. The molecule has 0 aliphatic rings. The van der Waals surface area contributed by atoms with E-state index in [2.05, 4.69) is 6.92 Å². The van der Waals surface area contributed by atoms with Crippen LogP contribution in [0, 0.1) is 0 Å². The van der Waals surface area contributed by atoms with Crippen molar-refractivity contribution in [2.45, 2.75) is 96.3 Å². The van der Waals surface area contributed by atoms with E-state index in [1.165, 1.54) is 57.8 Å². The molecule has 0 spiro atoms. The highest BCUT2D eigenvalue weighted by Gasteiger charge is 2.22. The van der Waals surface area contributed by atoms with E-state index in [1.54, 1.807) is 0 Å². The van der Waals surface area contributed by atoms with Gasteiger partial charge in [-0.3, -0.25) is 0 Å². The van der Waals surface area contributed by atoms with E-state index >= 15 is 0 Å². The lowest BCUT2D eigenvalue weighted by Crippen LogP contribution is -2.12. The molecule has 0 saturated heterocycles. The summed E-state index contributed by atoms with van der Waals surface area (Å²) in [6.45, 7) is 6.29. The van der Waals surface area contributed by atoms with Gasteiger partial charge in [-0.15, -0.1) is 11.6 Å². The minimum Gasteiger partial charge on any atom is -0.115 e. The molecule has 1 rings (SSSR count). The second-order valence-electron chi connectivity index (χ2n) is 7.29. The number of alkyl halides is 1. The summed E-state index contributed by atoms with van der Waals surface area (Å²) in [6, 6.07) is 3.87. The Labute approximate surface area is 164 Å². The largest absolute Gasteiger partial charge is 0.115 e. The lowest BCUT2D eigenvalue weighted by Gasteiger charge is -2.22. The second kappa shape index (κ2) is 11.7. The van der Waals surface area contributed by atoms with E-state index in [0.29, 0.717) is 10.0 Å². The van der Waals surface area contributed by atoms with E-state index in [1.807, 2.05) is 26.0 Å². The predicted octanol–water partition coefficient (Wildman–Crippen LogP) is 8.93. The Morgan fingerprint density at radius 2 is 1.29 bits per heavy atom. The molecule has 1 aromatic rings. The van der Waals surface area contributed by atoms with Gasteiger partial charge in [0.05, 0.1) is 14.9 Å². The number of rotatable bonds is 12. The standard InChI is InChI=1S/C21H33Cl3/c1-4-5-6-7-8-9-10-11-12-13-14-17-18(21(2,3)24)15-16-19(22)20(17)23/h15-16H,4-14H2,1-3H3. The van der Waals surface area contributed by atoms with Crippen LogP contribution < -0.4 is 0 Å². The minimum absolute atomic E-state index is 0.415. The van der Waals surface area contributed by atoms with Gasteiger partial charge >= 0.3 is 0 Å². The molecule has 1 aromatic carbocycles. The van der Waals surface area contributed by atoms with E-state index in [0.717, 1.165) is 24.0 Å². The quantitative estimate of drug-likeness (QED) is 0.246. The summed E-state index contributed by atoms with van der Waals surface area (Å²) in [4.78, 5) is -0.415. The Kier molecular flexibility index (Phi) is 10.7. The maximum absolute atomic E-state index is 6.52. The highest BCUT2D eigenvalue weighted by molar-refractivity contribution is 6.42. The molecule has 0 aliphatic heterocycles. The fourth-order valence-corrected chi connectivity index (χ4v) is 3.80. The summed E-state index contributed by atoms with van der Waals surface area (Å²) in [6.07, 6.45) is 14.3. The average molecular weight is 392 g/mol. The number of unbranched alkanes of at least 4 members (excludes halogenated alkanes) is 9. The maximum Gasteiger partial charge on any atom is 0.0641 e. The molecule has 0 bridgehead atoms. The lowest BCUT2D eigenvalue weighted by molar-refractivity contribution is 0.555. The van der Waals surface area contributed by atoms with Crippen molar-refractivity contribution in [2.24, 2.45) is 0 Å². The van der Waals surface area contributed by atoms with Gasteiger partial charge in [-0.2, -0.15) is 0 Å². The average Bonchev–Trinajstić information content (AvgIpc) is 2.51. The number of hydrogen-bond acceptors (Lipinski definition) is 0. The smallest absolute Gasteiger partial charge is 0.0641 e. The number of benzene rings is 1. The summed E-state index contributed by atoms with van der Waals surface area (Å²) < 4.78 is 0. The molecule has 0 saturated carbocycles. The predicted molar refractivity (Wildman–Crippen MR) is 111 cm³/mol. The number of halogens is 3. The van der Waals surface area contributed by atoms with Crippen LogP contribution in [0.15, 0.2) is 12.1 Å². The maximum atomic E-state index is 6.52. The van der Waals surface area contributed by atoms with Gasteiger partial charge in [0, 0.05) is 0 Å². The van der Waals surface area contributed by atoms with E-state index in [-0.39, 0.29) is 0 Å². The molecule has 0 aromatic heterocycles. The Bertz CT molecular complexity index is 475. The van der Waals surface area contributed by atoms with Crippen molar-refractivity contribution in [1.29, 1.82) is 0 Å². The van der Waals surface area contributed by atoms with E-state index in [4.69, 9.17) is 34.8 Å². The van der Waals surface area contributed by atoms with Crippen LogP contribution in [0.5, 0.6) is 0 Å². The van der Waals surface area contributed by atoms with Crippen molar-refractivity contribution in [3.05, 3.63) is 33.3 Å². The molecule has 0 N–H and O–H groups in total. The molecule has 0 atom stereocenters. The first kappa shape index (κ1) is 22.1. The summed E-state index contributed by atoms with van der Waals surface area (Å²) >= 11 is 19.2. The van der Waals surface area contributed by atoms with Gasteiger partial charge in [0.15, 0.2) is 0 Å². The van der Waals surface area contributed by atoms with Crippen LogP contribution in [0.4, 0.5) is 0 Å². The topological polar surface area (TPSA) is 0 Å². The monoisotopic (exact) mass is 390 g/mol. The number of hydrogen-bond donors (Lipinski definition) is 0.